The molecule has 16 heavy (non-hydrogen) atoms. The maximum absolute atomic E-state index is 10.8. The fourth-order valence-corrected chi connectivity index (χ4v) is 1.73. The normalized spacial score (nSPS) is 24.3. The molecule has 86 valence electrons. The van der Waals surface area contributed by atoms with Gasteiger partial charge in [-0.15, -0.1) is 0 Å². The number of pyridine rings is 1. The van der Waals surface area contributed by atoms with Gasteiger partial charge in [0.15, 0.2) is 0 Å². The van der Waals surface area contributed by atoms with Gasteiger partial charge >= 0.3 is 5.69 Å². The molecule has 1 saturated heterocycles. The van der Waals surface area contributed by atoms with E-state index in [-0.39, 0.29) is 11.2 Å². The van der Waals surface area contributed by atoms with E-state index in [1.807, 2.05) is 6.92 Å². The summed E-state index contributed by atoms with van der Waals surface area (Å²) in [5.41, 5.74) is 0.259. The molecule has 1 fully saturated rings. The van der Waals surface area contributed by atoms with Crippen LogP contribution in [0.2, 0.25) is 0 Å². The Morgan fingerprint density at radius 3 is 3.12 bits per heavy atom. The highest BCUT2D eigenvalue weighted by Gasteiger charge is 2.31. The van der Waals surface area contributed by atoms with Crippen molar-refractivity contribution >= 4 is 11.4 Å². The Hall–Kier alpha value is -1.69. The van der Waals surface area contributed by atoms with E-state index in [1.165, 1.54) is 12.4 Å². The van der Waals surface area contributed by atoms with E-state index in [1.54, 1.807) is 6.07 Å². The zero-order valence-electron chi connectivity index (χ0n) is 8.97. The molecule has 1 aliphatic heterocycles. The highest BCUT2D eigenvalue weighted by Crippen LogP contribution is 2.29. The van der Waals surface area contributed by atoms with E-state index in [0.717, 1.165) is 6.42 Å². The van der Waals surface area contributed by atoms with Gasteiger partial charge in [0.25, 0.3) is 0 Å². The Bertz CT molecular complexity index is 402. The standard InChI is InChI=1S/C10H13N3O3/c1-10(3-5-16-7-10)12-8-2-4-11-6-9(8)13(14)15/h2,4,6H,3,5,7H2,1H3,(H,11,12). The molecule has 1 aromatic heterocycles. The number of aromatic nitrogens is 1. The molecule has 2 rings (SSSR count). The fourth-order valence-electron chi connectivity index (χ4n) is 1.73. The van der Waals surface area contributed by atoms with Crippen molar-refractivity contribution in [3.63, 3.8) is 0 Å². The number of hydrogen-bond donors (Lipinski definition) is 1. The summed E-state index contributed by atoms with van der Waals surface area (Å²) >= 11 is 0. The Morgan fingerprint density at radius 1 is 1.69 bits per heavy atom. The third-order valence-electron chi connectivity index (χ3n) is 2.65. The monoisotopic (exact) mass is 223 g/mol. The van der Waals surface area contributed by atoms with Crippen molar-refractivity contribution in [1.29, 1.82) is 0 Å². The molecular weight excluding hydrogens is 210 g/mol. The lowest BCUT2D eigenvalue weighted by molar-refractivity contribution is -0.384. The number of nitrogens with one attached hydrogen (secondary N) is 1. The van der Waals surface area contributed by atoms with E-state index in [2.05, 4.69) is 10.3 Å². The molecule has 1 aromatic rings. The van der Waals surface area contributed by atoms with Crippen LogP contribution < -0.4 is 5.32 Å². The Balaban J connectivity index is 2.23. The minimum atomic E-state index is -0.436. The van der Waals surface area contributed by atoms with Gasteiger partial charge in [0, 0.05) is 12.8 Å². The van der Waals surface area contributed by atoms with E-state index >= 15 is 0 Å². The van der Waals surface area contributed by atoms with Crippen molar-refractivity contribution in [3.05, 3.63) is 28.6 Å². The van der Waals surface area contributed by atoms with Crippen LogP contribution in [-0.4, -0.2) is 28.7 Å². The number of ether oxygens (including phenoxy) is 1. The first-order valence-electron chi connectivity index (χ1n) is 5.05. The van der Waals surface area contributed by atoms with E-state index < -0.39 is 4.92 Å². The molecule has 0 bridgehead atoms. The summed E-state index contributed by atoms with van der Waals surface area (Å²) in [6, 6.07) is 1.61. The third kappa shape index (κ3) is 2.11. The van der Waals surface area contributed by atoms with Gasteiger partial charge in [-0.1, -0.05) is 0 Å². The summed E-state index contributed by atoms with van der Waals surface area (Å²) in [4.78, 5) is 14.1. The highest BCUT2D eigenvalue weighted by molar-refractivity contribution is 5.60. The van der Waals surface area contributed by atoms with Crippen molar-refractivity contribution in [2.45, 2.75) is 18.9 Å². The predicted octanol–water partition coefficient (Wildman–Crippen LogP) is 1.58. The van der Waals surface area contributed by atoms with Crippen LogP contribution >= 0.6 is 0 Å². The van der Waals surface area contributed by atoms with Crippen molar-refractivity contribution in [2.75, 3.05) is 18.5 Å². The van der Waals surface area contributed by atoms with Crippen molar-refractivity contribution < 1.29 is 9.66 Å². The summed E-state index contributed by atoms with van der Waals surface area (Å²) in [6.07, 6.45) is 3.63. The van der Waals surface area contributed by atoms with Crippen molar-refractivity contribution in [1.82, 2.24) is 4.98 Å². The number of rotatable bonds is 3. The van der Waals surface area contributed by atoms with Crippen LogP contribution in [0.4, 0.5) is 11.4 Å². The van der Waals surface area contributed by atoms with Crippen molar-refractivity contribution in [3.8, 4) is 0 Å². The first kappa shape index (κ1) is 10.8. The Labute approximate surface area is 92.8 Å². The molecule has 0 saturated carbocycles. The smallest absolute Gasteiger partial charge is 0.310 e. The number of nitro groups is 1. The van der Waals surface area contributed by atoms with Crippen molar-refractivity contribution in [2.24, 2.45) is 0 Å². The minimum Gasteiger partial charge on any atom is -0.379 e. The van der Waals surface area contributed by atoms with Crippen LogP contribution in [0.3, 0.4) is 0 Å². The second kappa shape index (κ2) is 4.05. The summed E-state index contributed by atoms with van der Waals surface area (Å²) in [6.45, 7) is 3.24. The Morgan fingerprint density at radius 2 is 2.50 bits per heavy atom. The number of nitrogens with zero attached hydrogens (tertiary/aromatic N) is 2. The van der Waals surface area contributed by atoms with Gasteiger partial charge < -0.3 is 10.1 Å². The van der Waals surface area contributed by atoms with Crippen LogP contribution in [0.15, 0.2) is 18.5 Å². The summed E-state index contributed by atoms with van der Waals surface area (Å²) in [5.74, 6) is 0. The molecule has 0 amide bonds. The Kier molecular flexibility index (Phi) is 2.74. The summed E-state index contributed by atoms with van der Waals surface area (Å²) in [7, 11) is 0. The summed E-state index contributed by atoms with van der Waals surface area (Å²) in [5, 5.41) is 14.0. The van der Waals surface area contributed by atoms with Gasteiger partial charge in [0.2, 0.25) is 0 Å². The lowest BCUT2D eigenvalue weighted by Gasteiger charge is -2.24. The predicted molar refractivity (Wildman–Crippen MR) is 58.4 cm³/mol. The fraction of sp³-hybridized carbons (Fsp3) is 0.500. The quantitative estimate of drug-likeness (QED) is 0.621. The lowest BCUT2D eigenvalue weighted by Crippen LogP contribution is -2.35. The van der Waals surface area contributed by atoms with Crippen LogP contribution in [0.5, 0.6) is 0 Å². The van der Waals surface area contributed by atoms with Gasteiger partial charge in [-0.05, 0) is 19.4 Å². The second-order valence-corrected chi connectivity index (χ2v) is 4.14. The zero-order valence-corrected chi connectivity index (χ0v) is 8.97. The lowest BCUT2D eigenvalue weighted by atomic mass is 10.0. The molecule has 6 nitrogen and oxygen atoms in total. The van der Waals surface area contributed by atoms with Crippen LogP contribution in [-0.2, 0) is 4.74 Å². The first-order chi connectivity index (χ1) is 7.61. The molecular formula is C10H13N3O3. The average Bonchev–Trinajstić information content (AvgIpc) is 2.65. The van der Waals surface area contributed by atoms with Crippen LogP contribution in [0.1, 0.15) is 13.3 Å². The van der Waals surface area contributed by atoms with Gasteiger partial charge in [0.05, 0.1) is 17.1 Å². The number of hydrogen-bond acceptors (Lipinski definition) is 5. The second-order valence-electron chi connectivity index (χ2n) is 4.14. The molecule has 0 radical (unpaired) electrons. The zero-order chi connectivity index (χ0) is 11.6. The molecule has 6 heteroatoms. The molecule has 0 spiro atoms. The highest BCUT2D eigenvalue weighted by atomic mass is 16.6. The average molecular weight is 223 g/mol. The third-order valence-corrected chi connectivity index (χ3v) is 2.65. The maximum atomic E-state index is 10.8. The maximum Gasteiger partial charge on any atom is 0.310 e. The van der Waals surface area contributed by atoms with E-state index in [4.69, 9.17) is 4.74 Å². The van der Waals surface area contributed by atoms with Gasteiger partial charge in [-0.3, -0.25) is 15.1 Å². The SMILES string of the molecule is CC1(Nc2ccncc2[N+](=O)[O-])CCOC1. The molecule has 1 unspecified atom stereocenters. The first-order valence-corrected chi connectivity index (χ1v) is 5.05. The molecule has 1 atom stereocenters. The van der Waals surface area contributed by atoms with Gasteiger partial charge in [-0.2, -0.15) is 0 Å². The molecule has 0 aromatic carbocycles. The topological polar surface area (TPSA) is 77.3 Å². The van der Waals surface area contributed by atoms with Crippen LogP contribution in [0.25, 0.3) is 0 Å². The molecule has 1 N–H and O–H groups in total. The van der Waals surface area contributed by atoms with E-state index in [9.17, 15) is 10.1 Å². The van der Waals surface area contributed by atoms with Gasteiger partial charge in [0.1, 0.15) is 11.9 Å². The van der Waals surface area contributed by atoms with Crippen LogP contribution in [0, 0.1) is 10.1 Å². The van der Waals surface area contributed by atoms with Gasteiger partial charge in [-0.25, -0.2) is 0 Å². The minimum absolute atomic E-state index is 0.00405. The summed E-state index contributed by atoms with van der Waals surface area (Å²) < 4.78 is 5.28. The van der Waals surface area contributed by atoms with E-state index in [0.29, 0.717) is 18.9 Å². The largest absolute Gasteiger partial charge is 0.379 e. The molecule has 0 aliphatic carbocycles. The number of anilines is 1. The molecule has 2 heterocycles. The molecule has 1 aliphatic rings.